The summed E-state index contributed by atoms with van der Waals surface area (Å²) in [5.74, 6) is -0.447. The summed E-state index contributed by atoms with van der Waals surface area (Å²) in [4.78, 5) is 46.4. The van der Waals surface area contributed by atoms with Gasteiger partial charge in [0.2, 0.25) is 11.8 Å². The van der Waals surface area contributed by atoms with Crippen LogP contribution in [0.1, 0.15) is 34.1 Å². The summed E-state index contributed by atoms with van der Waals surface area (Å²) < 4.78 is 10.2. The van der Waals surface area contributed by atoms with Gasteiger partial charge in [0, 0.05) is 13.0 Å². The van der Waals surface area contributed by atoms with Crippen molar-refractivity contribution in [3.8, 4) is 11.5 Å². The third-order valence-electron chi connectivity index (χ3n) is 3.87. The number of likely N-dealkylation sites (tertiary alicyclic amines) is 1. The number of hydrogen-bond donors (Lipinski definition) is 2. The molecule has 0 spiro atoms. The SMILES string of the molecule is CC(=O)NC1(SC=O)CC(=O)N1C(C(=O)OC(C)(C)C)=C(O)CBr.c1cc2cc(c1)O2. The van der Waals surface area contributed by atoms with E-state index in [-0.39, 0.29) is 11.8 Å². The molecule has 0 aromatic heterocycles. The van der Waals surface area contributed by atoms with Crippen molar-refractivity contribution in [2.75, 3.05) is 5.33 Å². The van der Waals surface area contributed by atoms with Crippen LogP contribution in [-0.2, 0) is 23.9 Å². The topological polar surface area (TPSA) is 122 Å². The number of carbonyl (C=O) groups excluding carboxylic acids is 4. The molecule has 11 heteroatoms. The molecule has 1 aromatic carbocycles. The molecule has 2 bridgehead atoms. The number of fused-ring (bicyclic) bond motifs is 2. The van der Waals surface area contributed by atoms with Crippen molar-refractivity contribution < 1.29 is 33.8 Å². The lowest BCUT2D eigenvalue weighted by Gasteiger charge is -2.50. The molecular weight excluding hydrogens is 492 g/mol. The number of esters is 1. The first-order chi connectivity index (χ1) is 14.4. The lowest BCUT2D eigenvalue weighted by molar-refractivity contribution is -0.162. The summed E-state index contributed by atoms with van der Waals surface area (Å²) >= 11 is 3.64. The van der Waals surface area contributed by atoms with Gasteiger partial charge in [0.25, 0.3) is 0 Å². The molecule has 1 unspecified atom stereocenters. The Labute approximate surface area is 192 Å². The second-order valence-electron chi connectivity index (χ2n) is 7.59. The smallest absolute Gasteiger partial charge is 0.359 e. The predicted molar refractivity (Wildman–Crippen MR) is 118 cm³/mol. The standard InChI is InChI=1S/C14H19BrN2O6S.C6H4O/c1-8(19)16-14(24-7-18)5-10(21)17(14)11(9(20)6-15)12(22)23-13(2,3)4;1-2-5-4-6(3-1)7-5/h7,20H,5-6H2,1-4H3,(H,16,19);1-4H. The molecule has 3 aliphatic heterocycles. The van der Waals surface area contributed by atoms with E-state index in [4.69, 9.17) is 9.47 Å². The van der Waals surface area contributed by atoms with E-state index in [0.29, 0.717) is 17.4 Å². The van der Waals surface area contributed by atoms with Gasteiger partial charge in [-0.25, -0.2) is 4.79 Å². The Bertz CT molecular complexity index is 900. The highest BCUT2D eigenvalue weighted by Crippen LogP contribution is 2.42. The lowest BCUT2D eigenvalue weighted by Crippen LogP contribution is -2.70. The van der Waals surface area contributed by atoms with Crippen LogP contribution >= 0.6 is 27.7 Å². The first-order valence-corrected chi connectivity index (χ1v) is 11.1. The van der Waals surface area contributed by atoms with E-state index >= 15 is 0 Å². The van der Waals surface area contributed by atoms with Crippen LogP contribution in [-0.4, -0.2) is 49.3 Å². The summed E-state index contributed by atoms with van der Waals surface area (Å²) in [6, 6.07) is 7.86. The molecule has 0 radical (unpaired) electrons. The number of halogens is 1. The number of amides is 2. The monoisotopic (exact) mass is 514 g/mol. The summed E-state index contributed by atoms with van der Waals surface area (Å²) in [6.07, 6.45) is -0.197. The van der Waals surface area contributed by atoms with Crippen LogP contribution < -0.4 is 10.1 Å². The number of ether oxygens (including phenoxy) is 2. The second kappa shape index (κ2) is 9.73. The summed E-state index contributed by atoms with van der Waals surface area (Å²) in [6.45, 7) is 6.11. The number of aliphatic hydroxyl groups is 1. The average Bonchev–Trinajstić information content (AvgIpc) is 2.64. The number of rotatable bonds is 6. The molecule has 1 atom stereocenters. The average molecular weight is 515 g/mol. The third-order valence-corrected chi connectivity index (χ3v) is 5.32. The Morgan fingerprint density at radius 1 is 1.39 bits per heavy atom. The van der Waals surface area contributed by atoms with Crippen LogP contribution in [0.4, 0.5) is 0 Å². The van der Waals surface area contributed by atoms with E-state index in [1.54, 1.807) is 20.8 Å². The molecule has 1 saturated heterocycles. The molecule has 3 heterocycles. The normalized spacial score (nSPS) is 19.4. The van der Waals surface area contributed by atoms with E-state index in [1.165, 1.54) is 6.92 Å². The fourth-order valence-electron chi connectivity index (χ4n) is 2.76. The minimum absolute atomic E-state index is 0.118. The van der Waals surface area contributed by atoms with Crippen molar-refractivity contribution in [2.24, 2.45) is 0 Å². The zero-order valence-electron chi connectivity index (χ0n) is 17.4. The van der Waals surface area contributed by atoms with E-state index in [9.17, 15) is 24.3 Å². The lowest BCUT2D eigenvalue weighted by atomic mass is 10.1. The molecule has 3 aliphatic rings. The van der Waals surface area contributed by atoms with Crippen molar-refractivity contribution in [1.82, 2.24) is 10.2 Å². The van der Waals surface area contributed by atoms with E-state index in [1.807, 2.05) is 24.3 Å². The van der Waals surface area contributed by atoms with Crippen LogP contribution in [0.2, 0.25) is 0 Å². The van der Waals surface area contributed by atoms with Crippen molar-refractivity contribution in [1.29, 1.82) is 0 Å². The molecular formula is C20H23BrN2O7S. The maximum atomic E-state index is 12.5. The number of nitrogens with one attached hydrogen (secondary N) is 1. The predicted octanol–water partition coefficient (Wildman–Crippen LogP) is 3.23. The van der Waals surface area contributed by atoms with Gasteiger partial charge >= 0.3 is 5.97 Å². The van der Waals surface area contributed by atoms with Crippen LogP contribution in [0.25, 0.3) is 0 Å². The molecule has 4 rings (SSSR count). The van der Waals surface area contributed by atoms with Gasteiger partial charge in [-0.2, -0.15) is 0 Å². The first-order valence-electron chi connectivity index (χ1n) is 9.15. The number of hydrogen-bond acceptors (Lipinski definition) is 8. The second-order valence-corrected chi connectivity index (χ2v) is 9.26. The third kappa shape index (κ3) is 6.01. The molecule has 9 nitrogen and oxygen atoms in total. The van der Waals surface area contributed by atoms with Crippen molar-refractivity contribution in [3.63, 3.8) is 0 Å². The highest BCUT2D eigenvalue weighted by atomic mass is 79.9. The fraction of sp³-hybridized carbons (Fsp3) is 0.400. The number of β-lactam (4-membered cyclic amide) rings is 1. The Kier molecular flexibility index (Phi) is 7.77. The summed E-state index contributed by atoms with van der Waals surface area (Å²) in [5, 5.41) is 12.5. The molecule has 0 aliphatic carbocycles. The molecule has 1 aromatic rings. The molecule has 31 heavy (non-hydrogen) atoms. The number of nitrogens with zero attached hydrogens (tertiary/aromatic N) is 1. The Morgan fingerprint density at radius 3 is 2.29 bits per heavy atom. The van der Waals surface area contributed by atoms with Gasteiger partial charge in [-0.3, -0.25) is 19.3 Å². The minimum Gasteiger partial charge on any atom is -0.509 e. The van der Waals surface area contributed by atoms with Gasteiger partial charge in [0.05, 0.1) is 11.8 Å². The fourth-order valence-corrected chi connectivity index (χ4v) is 3.90. The van der Waals surface area contributed by atoms with E-state index < -0.39 is 39.8 Å². The maximum Gasteiger partial charge on any atom is 0.359 e. The van der Waals surface area contributed by atoms with Gasteiger partial charge in [-0.15, -0.1) is 0 Å². The quantitative estimate of drug-likeness (QED) is 0.114. The number of allylic oxidation sites excluding steroid dienone is 1. The van der Waals surface area contributed by atoms with E-state index in [0.717, 1.165) is 16.4 Å². The molecule has 1 fully saturated rings. The highest BCUT2D eigenvalue weighted by Gasteiger charge is 2.57. The summed E-state index contributed by atoms with van der Waals surface area (Å²) in [5.41, 5.74) is -0.828. The highest BCUT2D eigenvalue weighted by molar-refractivity contribution is 9.09. The Balaban J connectivity index is 0.000000401. The Morgan fingerprint density at radius 2 is 1.97 bits per heavy atom. The van der Waals surface area contributed by atoms with Crippen molar-refractivity contribution >= 4 is 51.1 Å². The summed E-state index contributed by atoms with van der Waals surface area (Å²) in [7, 11) is 0. The largest absolute Gasteiger partial charge is 0.509 e. The van der Waals surface area contributed by atoms with Gasteiger partial charge in [0.1, 0.15) is 22.9 Å². The number of carbonyl (C=O) groups is 4. The van der Waals surface area contributed by atoms with Gasteiger partial charge in [-0.05, 0) is 44.7 Å². The zero-order chi connectivity index (χ0) is 23.4. The van der Waals surface area contributed by atoms with E-state index in [2.05, 4.69) is 21.2 Å². The number of benzene rings is 1. The molecule has 0 saturated carbocycles. The van der Waals surface area contributed by atoms with Crippen LogP contribution in [0, 0.1) is 0 Å². The number of thioether (sulfide) groups is 1. The molecule has 2 amide bonds. The zero-order valence-corrected chi connectivity index (χ0v) is 19.8. The van der Waals surface area contributed by atoms with Crippen LogP contribution in [0.5, 0.6) is 11.5 Å². The van der Waals surface area contributed by atoms with Gasteiger partial charge in [0.15, 0.2) is 16.3 Å². The molecule has 2 N–H and O–H groups in total. The maximum absolute atomic E-state index is 12.5. The first kappa shape index (κ1) is 24.7. The minimum atomic E-state index is -1.47. The van der Waals surface area contributed by atoms with Crippen LogP contribution in [0.3, 0.4) is 0 Å². The van der Waals surface area contributed by atoms with Gasteiger partial charge < -0.3 is 19.9 Å². The van der Waals surface area contributed by atoms with Crippen molar-refractivity contribution in [2.45, 2.75) is 44.7 Å². The molecule has 168 valence electrons. The van der Waals surface area contributed by atoms with Crippen LogP contribution in [0.15, 0.2) is 35.7 Å². The number of alkyl halides is 1. The number of aliphatic hydroxyl groups excluding tert-OH is 1. The Hall–Kier alpha value is -2.53. The van der Waals surface area contributed by atoms with Gasteiger partial charge in [-0.1, -0.05) is 22.0 Å². The van der Waals surface area contributed by atoms with Crippen molar-refractivity contribution in [3.05, 3.63) is 35.7 Å².